The summed E-state index contributed by atoms with van der Waals surface area (Å²) in [6.45, 7) is 9.72. The summed E-state index contributed by atoms with van der Waals surface area (Å²) in [5.41, 5.74) is 8.20. The van der Waals surface area contributed by atoms with E-state index in [1.54, 1.807) is 4.68 Å². The number of aryl methyl sites for hydroxylation is 1. The molecular weight excluding hydrogens is 228 g/mol. The average Bonchev–Trinajstić information content (AvgIpc) is 2.58. The van der Waals surface area contributed by atoms with Crippen molar-refractivity contribution in [1.82, 2.24) is 14.7 Å². The largest absolute Gasteiger partial charge is 0.396 e. The van der Waals surface area contributed by atoms with E-state index in [1.165, 1.54) is 0 Å². The van der Waals surface area contributed by atoms with E-state index < -0.39 is 0 Å². The molecular formula is C13H24N4O. The first-order valence-electron chi connectivity index (χ1n) is 6.58. The molecule has 5 nitrogen and oxygen atoms in total. The number of unbranched alkanes of at least 4 members (excludes halogenated alkanes) is 1. The first-order valence-corrected chi connectivity index (χ1v) is 6.58. The fourth-order valence-corrected chi connectivity index (χ4v) is 1.90. The van der Waals surface area contributed by atoms with Crippen LogP contribution in [-0.4, -0.2) is 33.7 Å². The topological polar surface area (TPSA) is 64.2 Å². The van der Waals surface area contributed by atoms with E-state index in [9.17, 15) is 4.79 Å². The average molecular weight is 252 g/mol. The molecule has 0 atom stereocenters. The van der Waals surface area contributed by atoms with Gasteiger partial charge in [-0.05, 0) is 27.2 Å². The molecule has 1 aromatic rings. The Labute approximate surface area is 109 Å². The van der Waals surface area contributed by atoms with Crippen LogP contribution in [-0.2, 0) is 11.3 Å². The van der Waals surface area contributed by atoms with Crippen LogP contribution in [0.25, 0.3) is 0 Å². The van der Waals surface area contributed by atoms with Crippen LogP contribution in [0.4, 0.5) is 5.69 Å². The van der Waals surface area contributed by atoms with Gasteiger partial charge < -0.3 is 10.6 Å². The molecule has 1 rings (SSSR count). The number of nitrogens with two attached hydrogens (primary N) is 1. The molecule has 0 unspecified atom stereocenters. The van der Waals surface area contributed by atoms with Crippen molar-refractivity contribution in [2.24, 2.45) is 0 Å². The monoisotopic (exact) mass is 252 g/mol. The summed E-state index contributed by atoms with van der Waals surface area (Å²) in [7, 11) is 0. The van der Waals surface area contributed by atoms with Crippen molar-refractivity contribution in [3.05, 3.63) is 11.4 Å². The van der Waals surface area contributed by atoms with E-state index in [1.807, 2.05) is 25.7 Å². The maximum atomic E-state index is 12.1. The highest BCUT2D eigenvalue weighted by atomic mass is 16.2. The van der Waals surface area contributed by atoms with Gasteiger partial charge >= 0.3 is 0 Å². The van der Waals surface area contributed by atoms with Gasteiger partial charge in [-0.2, -0.15) is 5.10 Å². The second kappa shape index (κ2) is 6.42. The number of amides is 1. The Morgan fingerprint density at radius 1 is 1.39 bits per heavy atom. The zero-order valence-corrected chi connectivity index (χ0v) is 11.9. The van der Waals surface area contributed by atoms with Gasteiger partial charge in [0.15, 0.2) is 0 Å². The lowest BCUT2D eigenvalue weighted by Gasteiger charge is -2.20. The van der Waals surface area contributed by atoms with Crippen LogP contribution >= 0.6 is 0 Å². The van der Waals surface area contributed by atoms with Gasteiger partial charge in [0, 0.05) is 13.1 Å². The predicted octanol–water partition coefficient (Wildman–Crippen LogP) is 1.73. The summed E-state index contributed by atoms with van der Waals surface area (Å²) in [5, 5.41) is 4.29. The van der Waals surface area contributed by atoms with Crippen LogP contribution < -0.4 is 5.73 Å². The van der Waals surface area contributed by atoms with Gasteiger partial charge in [-0.3, -0.25) is 9.48 Å². The van der Waals surface area contributed by atoms with Crippen LogP contribution in [0.15, 0.2) is 0 Å². The van der Waals surface area contributed by atoms with Gasteiger partial charge in [0.25, 0.3) is 0 Å². The Bertz CT molecular complexity index is 411. The number of hydrogen-bond acceptors (Lipinski definition) is 3. The standard InChI is InChI=1S/C13H24N4O/c1-5-7-8-16(6-2)12(18)9-17-11(4)13(14)10(3)15-17/h5-9,14H2,1-4H3. The van der Waals surface area contributed by atoms with Gasteiger partial charge in [0.1, 0.15) is 6.54 Å². The van der Waals surface area contributed by atoms with Crippen molar-refractivity contribution in [3.8, 4) is 0 Å². The molecule has 0 aromatic carbocycles. The molecule has 1 amide bonds. The zero-order valence-electron chi connectivity index (χ0n) is 11.9. The minimum Gasteiger partial charge on any atom is -0.396 e. The summed E-state index contributed by atoms with van der Waals surface area (Å²) in [5.74, 6) is 0.108. The molecule has 0 bridgehead atoms. The first-order chi connectivity index (χ1) is 8.51. The van der Waals surface area contributed by atoms with Gasteiger partial charge in [-0.1, -0.05) is 13.3 Å². The fourth-order valence-electron chi connectivity index (χ4n) is 1.90. The molecule has 0 saturated carbocycles. The van der Waals surface area contributed by atoms with E-state index in [0.717, 1.165) is 37.3 Å². The highest BCUT2D eigenvalue weighted by Gasteiger charge is 2.15. The van der Waals surface area contributed by atoms with Crippen LogP contribution in [0.2, 0.25) is 0 Å². The third-order valence-corrected chi connectivity index (χ3v) is 3.24. The molecule has 1 aromatic heterocycles. The number of carbonyl (C=O) groups excluding carboxylic acids is 1. The normalized spacial score (nSPS) is 10.7. The van der Waals surface area contributed by atoms with Crippen molar-refractivity contribution >= 4 is 11.6 Å². The Morgan fingerprint density at radius 2 is 2.06 bits per heavy atom. The number of nitrogen functional groups attached to an aromatic ring is 1. The highest BCUT2D eigenvalue weighted by Crippen LogP contribution is 2.14. The summed E-state index contributed by atoms with van der Waals surface area (Å²) in [4.78, 5) is 14.0. The minimum atomic E-state index is 0.108. The molecule has 0 saturated heterocycles. The molecule has 2 N–H and O–H groups in total. The lowest BCUT2D eigenvalue weighted by atomic mass is 10.3. The molecule has 0 aliphatic heterocycles. The first kappa shape index (κ1) is 14.5. The van der Waals surface area contributed by atoms with Crippen LogP contribution in [0.5, 0.6) is 0 Å². The molecule has 102 valence electrons. The van der Waals surface area contributed by atoms with E-state index in [4.69, 9.17) is 5.73 Å². The predicted molar refractivity (Wildman–Crippen MR) is 73.3 cm³/mol. The van der Waals surface area contributed by atoms with E-state index >= 15 is 0 Å². The van der Waals surface area contributed by atoms with Gasteiger partial charge in [-0.15, -0.1) is 0 Å². The van der Waals surface area contributed by atoms with Gasteiger partial charge in [0.05, 0.1) is 17.1 Å². The number of aromatic nitrogens is 2. The Kier molecular flexibility index (Phi) is 5.19. The lowest BCUT2D eigenvalue weighted by molar-refractivity contribution is -0.131. The molecule has 5 heteroatoms. The van der Waals surface area contributed by atoms with Crippen LogP contribution in [0, 0.1) is 13.8 Å². The molecule has 1 heterocycles. The van der Waals surface area contributed by atoms with Crippen molar-refractivity contribution in [1.29, 1.82) is 0 Å². The summed E-state index contributed by atoms with van der Waals surface area (Å²) in [6.07, 6.45) is 2.13. The Balaban J connectivity index is 2.70. The number of rotatable bonds is 6. The number of nitrogens with zero attached hydrogens (tertiary/aromatic N) is 3. The molecule has 18 heavy (non-hydrogen) atoms. The second-order valence-corrected chi connectivity index (χ2v) is 4.57. The number of hydrogen-bond donors (Lipinski definition) is 1. The van der Waals surface area contributed by atoms with Crippen molar-refractivity contribution in [2.45, 2.75) is 47.1 Å². The summed E-state index contributed by atoms with van der Waals surface area (Å²) >= 11 is 0. The maximum Gasteiger partial charge on any atom is 0.244 e. The smallest absolute Gasteiger partial charge is 0.244 e. The molecule has 0 aliphatic carbocycles. The van der Waals surface area contributed by atoms with Crippen LogP contribution in [0.1, 0.15) is 38.1 Å². The molecule has 0 aliphatic rings. The number of likely N-dealkylation sites (N-methyl/N-ethyl adjacent to an activating group) is 1. The third kappa shape index (κ3) is 3.24. The van der Waals surface area contributed by atoms with E-state index in [0.29, 0.717) is 5.69 Å². The number of carbonyl (C=O) groups is 1. The maximum absolute atomic E-state index is 12.1. The molecule has 0 spiro atoms. The van der Waals surface area contributed by atoms with E-state index in [2.05, 4.69) is 12.0 Å². The Morgan fingerprint density at radius 3 is 2.50 bits per heavy atom. The van der Waals surface area contributed by atoms with Crippen molar-refractivity contribution < 1.29 is 4.79 Å². The minimum absolute atomic E-state index is 0.108. The lowest BCUT2D eigenvalue weighted by Crippen LogP contribution is -2.35. The van der Waals surface area contributed by atoms with E-state index in [-0.39, 0.29) is 12.5 Å². The summed E-state index contributed by atoms with van der Waals surface area (Å²) in [6, 6.07) is 0. The quantitative estimate of drug-likeness (QED) is 0.838. The van der Waals surface area contributed by atoms with Crippen molar-refractivity contribution in [2.75, 3.05) is 18.8 Å². The Hall–Kier alpha value is -1.52. The van der Waals surface area contributed by atoms with Gasteiger partial charge in [0.2, 0.25) is 5.91 Å². The fraction of sp³-hybridized carbons (Fsp3) is 0.692. The SMILES string of the molecule is CCCCN(CC)C(=O)Cn1nc(C)c(N)c1C. The molecule has 0 fully saturated rings. The zero-order chi connectivity index (χ0) is 13.7. The van der Waals surface area contributed by atoms with Gasteiger partial charge in [-0.25, -0.2) is 0 Å². The number of anilines is 1. The highest BCUT2D eigenvalue weighted by molar-refractivity contribution is 5.76. The molecule has 0 radical (unpaired) electrons. The van der Waals surface area contributed by atoms with Crippen molar-refractivity contribution in [3.63, 3.8) is 0 Å². The third-order valence-electron chi connectivity index (χ3n) is 3.24. The van der Waals surface area contributed by atoms with Crippen LogP contribution in [0.3, 0.4) is 0 Å². The second-order valence-electron chi connectivity index (χ2n) is 4.57. The summed E-state index contributed by atoms with van der Waals surface area (Å²) < 4.78 is 1.70.